The van der Waals surface area contributed by atoms with E-state index in [4.69, 9.17) is 27.9 Å². The number of ether oxygens (including phenoxy) is 1. The van der Waals surface area contributed by atoms with Crippen LogP contribution in [-0.2, 0) is 10.8 Å². The van der Waals surface area contributed by atoms with E-state index in [-0.39, 0.29) is 44.8 Å². The van der Waals surface area contributed by atoms with Crippen LogP contribution in [0, 0.1) is 6.92 Å². The van der Waals surface area contributed by atoms with Crippen LogP contribution in [0.25, 0.3) is 5.82 Å². The zero-order valence-corrected chi connectivity index (χ0v) is 21.3. The van der Waals surface area contributed by atoms with E-state index in [0.717, 1.165) is 10.7 Å². The summed E-state index contributed by atoms with van der Waals surface area (Å²) in [6, 6.07) is 7.02. The molecule has 9 nitrogen and oxygen atoms in total. The van der Waals surface area contributed by atoms with Crippen molar-refractivity contribution in [2.24, 2.45) is 0 Å². The minimum atomic E-state index is -4.63. The number of rotatable bonds is 7. The molecule has 0 atom stereocenters. The van der Waals surface area contributed by atoms with Crippen molar-refractivity contribution in [2.75, 3.05) is 23.4 Å². The molecule has 2 N–H and O–H groups in total. The molecule has 4 rings (SSSR count). The number of aryl methyl sites for hydroxylation is 1. The molecule has 2 aromatic heterocycles. The average molecular weight is 576 g/mol. The number of hydrogen-bond donors (Lipinski definition) is 2. The number of alkyl halides is 3. The van der Waals surface area contributed by atoms with E-state index in [1.165, 1.54) is 31.3 Å². The second kappa shape index (κ2) is 10.7. The smallest absolute Gasteiger partial charge is 0.405 e. The van der Waals surface area contributed by atoms with Crippen molar-refractivity contribution in [1.82, 2.24) is 20.1 Å². The molecule has 1 aromatic carbocycles. The molecule has 0 radical (unpaired) electrons. The molecule has 0 spiro atoms. The molecule has 1 fully saturated rings. The Bertz CT molecular complexity index is 1390. The summed E-state index contributed by atoms with van der Waals surface area (Å²) in [6.07, 6.45) is -3.54. The third-order valence-electron chi connectivity index (χ3n) is 5.12. The number of carbonyl (C=O) groups excluding carboxylic acids is 2. The summed E-state index contributed by atoms with van der Waals surface area (Å²) in [5.74, 6) is -1.07. The van der Waals surface area contributed by atoms with Gasteiger partial charge in [-0.1, -0.05) is 23.2 Å². The minimum absolute atomic E-state index is 0.0459. The number of nitrogens with one attached hydrogen (secondary N) is 2. The van der Waals surface area contributed by atoms with Gasteiger partial charge < -0.3 is 15.4 Å². The molecule has 2 amide bonds. The van der Waals surface area contributed by atoms with Crippen LogP contribution in [0.2, 0.25) is 10.0 Å². The van der Waals surface area contributed by atoms with Crippen LogP contribution in [0.5, 0.6) is 5.88 Å². The van der Waals surface area contributed by atoms with Crippen molar-refractivity contribution in [1.29, 1.82) is 0 Å². The SMILES string of the molecule is Cc1cc(Cl)cc(C(=O)NCC(F)(F)F)c1NC(=O)c1cc(OC2CS(=O)C2)nn1-c1ncccc1Cl. The number of halogens is 5. The Kier molecular flexibility index (Phi) is 7.76. The molecule has 0 bridgehead atoms. The highest BCUT2D eigenvalue weighted by Gasteiger charge is 2.31. The van der Waals surface area contributed by atoms with Crippen LogP contribution in [0.1, 0.15) is 26.4 Å². The quantitative estimate of drug-likeness (QED) is 0.441. The van der Waals surface area contributed by atoms with E-state index in [1.54, 1.807) is 11.4 Å². The molecule has 0 unspecified atom stereocenters. The normalized spacial score (nSPS) is 17.1. The number of carbonyl (C=O) groups is 2. The van der Waals surface area contributed by atoms with E-state index < -0.39 is 35.3 Å². The number of amides is 2. The van der Waals surface area contributed by atoms with Crippen LogP contribution >= 0.6 is 23.2 Å². The molecular weight excluding hydrogens is 558 g/mol. The third kappa shape index (κ3) is 6.40. The molecule has 3 aromatic rings. The van der Waals surface area contributed by atoms with Gasteiger partial charge in [-0.05, 0) is 36.8 Å². The van der Waals surface area contributed by atoms with Gasteiger partial charge >= 0.3 is 6.18 Å². The van der Waals surface area contributed by atoms with Gasteiger partial charge in [0.15, 0.2) is 5.82 Å². The lowest BCUT2D eigenvalue weighted by Crippen LogP contribution is -2.41. The second-order valence-electron chi connectivity index (χ2n) is 8.00. The molecule has 15 heteroatoms. The standard InChI is InChI=1S/C22H18Cl2F3N5O4S/c1-11-5-12(23)6-14(20(33)29-10-22(25,26)27)18(11)30-21(34)16-7-17(36-13-8-37(35)9-13)31-32(16)19-15(24)3-2-4-28-19/h2-7,13H,8-10H2,1H3,(H,29,33)(H,30,34). The predicted octanol–water partition coefficient (Wildman–Crippen LogP) is 3.94. The molecule has 3 heterocycles. The van der Waals surface area contributed by atoms with Crippen molar-refractivity contribution in [2.45, 2.75) is 19.2 Å². The van der Waals surface area contributed by atoms with Gasteiger partial charge in [0.1, 0.15) is 18.3 Å². The maximum Gasteiger partial charge on any atom is 0.405 e. The fourth-order valence-corrected chi connectivity index (χ4v) is 4.76. The summed E-state index contributed by atoms with van der Waals surface area (Å²) >= 11 is 12.3. The fourth-order valence-electron chi connectivity index (χ4n) is 3.42. The second-order valence-corrected chi connectivity index (χ2v) is 10.4. The summed E-state index contributed by atoms with van der Waals surface area (Å²) < 4.78 is 56.2. The highest BCUT2D eigenvalue weighted by atomic mass is 35.5. The zero-order chi connectivity index (χ0) is 26.9. The van der Waals surface area contributed by atoms with E-state index in [9.17, 15) is 27.0 Å². The van der Waals surface area contributed by atoms with Gasteiger partial charge in [0.05, 0.1) is 27.8 Å². The Labute approximate surface area is 220 Å². The monoisotopic (exact) mass is 575 g/mol. The number of pyridine rings is 1. The van der Waals surface area contributed by atoms with Gasteiger partial charge in [-0.25, -0.2) is 9.67 Å². The van der Waals surface area contributed by atoms with Gasteiger partial charge in [0, 0.05) is 28.1 Å². The average Bonchev–Trinajstić information content (AvgIpc) is 3.21. The van der Waals surface area contributed by atoms with Crippen LogP contribution in [0.4, 0.5) is 18.9 Å². The molecule has 1 aliphatic rings. The first kappa shape index (κ1) is 26.9. The Morgan fingerprint density at radius 2 is 1.95 bits per heavy atom. The van der Waals surface area contributed by atoms with Gasteiger partial charge in [-0.2, -0.15) is 13.2 Å². The van der Waals surface area contributed by atoms with Gasteiger partial charge in [-0.3, -0.25) is 13.8 Å². The first-order valence-corrected chi connectivity index (χ1v) is 12.8. The summed E-state index contributed by atoms with van der Waals surface area (Å²) in [7, 11) is -0.980. The molecule has 37 heavy (non-hydrogen) atoms. The van der Waals surface area contributed by atoms with Crippen molar-refractivity contribution in [3.63, 3.8) is 0 Å². The molecular formula is C22H18Cl2F3N5O4S. The van der Waals surface area contributed by atoms with Crippen molar-refractivity contribution in [3.05, 3.63) is 63.4 Å². The van der Waals surface area contributed by atoms with Crippen molar-refractivity contribution < 1.29 is 31.7 Å². The highest BCUT2D eigenvalue weighted by molar-refractivity contribution is 7.86. The Morgan fingerprint density at radius 3 is 2.59 bits per heavy atom. The molecule has 1 saturated heterocycles. The Balaban J connectivity index is 1.68. The molecule has 0 aliphatic carbocycles. The predicted molar refractivity (Wildman–Crippen MR) is 131 cm³/mol. The summed E-state index contributed by atoms with van der Waals surface area (Å²) in [5.41, 5.74) is -0.0795. The van der Waals surface area contributed by atoms with Gasteiger partial charge in [-0.15, -0.1) is 5.10 Å². The summed E-state index contributed by atoms with van der Waals surface area (Å²) in [5, 5.41) is 8.85. The molecule has 1 aliphatic heterocycles. The Hall–Kier alpha value is -3.16. The maximum absolute atomic E-state index is 13.4. The lowest BCUT2D eigenvalue weighted by molar-refractivity contribution is -0.123. The number of aromatic nitrogens is 3. The van der Waals surface area contributed by atoms with Gasteiger partial charge in [0.25, 0.3) is 11.8 Å². The fraction of sp³-hybridized carbons (Fsp3) is 0.273. The number of nitrogens with zero attached hydrogens (tertiary/aromatic N) is 3. The van der Waals surface area contributed by atoms with Crippen molar-refractivity contribution >= 4 is 51.5 Å². The first-order valence-electron chi connectivity index (χ1n) is 10.6. The summed E-state index contributed by atoms with van der Waals surface area (Å²) in [4.78, 5) is 30.1. The zero-order valence-electron chi connectivity index (χ0n) is 18.9. The van der Waals surface area contributed by atoms with Crippen LogP contribution < -0.4 is 15.4 Å². The van der Waals surface area contributed by atoms with E-state index in [2.05, 4.69) is 15.4 Å². The van der Waals surface area contributed by atoms with E-state index in [0.29, 0.717) is 17.1 Å². The molecule has 0 saturated carbocycles. The van der Waals surface area contributed by atoms with Crippen LogP contribution in [0.15, 0.2) is 36.5 Å². The number of anilines is 1. The van der Waals surface area contributed by atoms with Crippen LogP contribution in [0.3, 0.4) is 0 Å². The third-order valence-corrected chi connectivity index (χ3v) is 7.12. The van der Waals surface area contributed by atoms with E-state index in [1.807, 2.05) is 0 Å². The van der Waals surface area contributed by atoms with Crippen LogP contribution in [-0.4, -0.2) is 61.1 Å². The number of hydrogen-bond acceptors (Lipinski definition) is 6. The Morgan fingerprint density at radius 1 is 1.22 bits per heavy atom. The lowest BCUT2D eigenvalue weighted by atomic mass is 10.1. The summed E-state index contributed by atoms with van der Waals surface area (Å²) in [6.45, 7) is -0.0391. The molecule has 196 valence electrons. The maximum atomic E-state index is 13.4. The topological polar surface area (TPSA) is 115 Å². The van der Waals surface area contributed by atoms with Crippen molar-refractivity contribution in [3.8, 4) is 11.7 Å². The minimum Gasteiger partial charge on any atom is -0.471 e. The first-order chi connectivity index (χ1) is 17.4. The van der Waals surface area contributed by atoms with Gasteiger partial charge in [0.2, 0.25) is 5.88 Å². The largest absolute Gasteiger partial charge is 0.471 e. The number of benzene rings is 1. The lowest BCUT2D eigenvalue weighted by Gasteiger charge is -2.24. The highest BCUT2D eigenvalue weighted by Crippen LogP contribution is 2.29. The van der Waals surface area contributed by atoms with E-state index >= 15 is 0 Å².